The maximum Gasteiger partial charge on any atom is 0.116 e. The summed E-state index contributed by atoms with van der Waals surface area (Å²) >= 11 is 4.64. The van der Waals surface area contributed by atoms with Crippen LogP contribution in [0.4, 0.5) is 0 Å². The molecule has 0 N–H and O–H groups in total. The molecule has 0 unspecified atom stereocenters. The average Bonchev–Trinajstić information content (AvgIpc) is 1.46. The second-order valence-corrected chi connectivity index (χ2v) is 0.236. The highest BCUT2D eigenvalue weighted by molar-refractivity contribution is 6.15. The first kappa shape index (κ1) is 8.88. The first-order valence-corrected chi connectivity index (χ1v) is 1.95. The molecule has 0 aliphatic carbocycles. The summed E-state index contributed by atoms with van der Waals surface area (Å²) in [5.41, 5.74) is 0. The summed E-state index contributed by atoms with van der Waals surface area (Å²) in [5, 5.41) is 0. The standard InChI is InChI=1S/C2H4O.CH3Cl/c1-2-3;1-2/h2H,1H3;1H3. The molecule has 0 saturated heterocycles. The van der Waals surface area contributed by atoms with E-state index in [1.807, 2.05) is 0 Å². The Hall–Kier alpha value is -0.0400. The second kappa shape index (κ2) is 37.6. The summed E-state index contributed by atoms with van der Waals surface area (Å²) in [6.45, 7) is 1.44. The smallest absolute Gasteiger partial charge is 0.116 e. The van der Waals surface area contributed by atoms with E-state index in [-0.39, 0.29) is 0 Å². The first-order chi connectivity index (χ1) is 2.41. The van der Waals surface area contributed by atoms with Crippen LogP contribution in [0.25, 0.3) is 0 Å². The second-order valence-electron chi connectivity index (χ2n) is 0.236. The lowest BCUT2D eigenvalue weighted by atomic mass is 11.0. The first-order valence-electron chi connectivity index (χ1n) is 1.19. The van der Waals surface area contributed by atoms with Gasteiger partial charge in [0.25, 0.3) is 0 Å². The minimum Gasteiger partial charge on any atom is -0.304 e. The molecule has 0 saturated carbocycles. The van der Waals surface area contributed by atoms with Gasteiger partial charge in [-0.05, 0) is 6.92 Å². The highest BCUT2D eigenvalue weighted by Gasteiger charge is 1.24. The summed E-state index contributed by atoms with van der Waals surface area (Å²) in [6, 6.07) is 0. The van der Waals surface area contributed by atoms with Gasteiger partial charge in [0.15, 0.2) is 0 Å². The molecule has 1 nitrogen and oxygen atoms in total. The lowest BCUT2D eigenvalue weighted by Crippen LogP contribution is -1.36. The van der Waals surface area contributed by atoms with Gasteiger partial charge in [0, 0.05) is 6.38 Å². The fourth-order valence-corrected chi connectivity index (χ4v) is 0. The highest BCUT2D eigenvalue weighted by Crippen LogP contribution is 1.34. The molecule has 0 aromatic carbocycles. The van der Waals surface area contributed by atoms with Crippen LogP contribution < -0.4 is 0 Å². The summed E-state index contributed by atoms with van der Waals surface area (Å²) in [6.07, 6.45) is 2.22. The fourth-order valence-electron chi connectivity index (χ4n) is 0. The van der Waals surface area contributed by atoms with Crippen LogP contribution in [-0.4, -0.2) is 12.7 Å². The molecule has 0 atom stereocenters. The SMILES string of the molecule is CC=O.CCl. The van der Waals surface area contributed by atoms with Crippen LogP contribution in [0.5, 0.6) is 0 Å². The third-order valence-corrected chi connectivity index (χ3v) is 0. The molecular formula is C3H7ClO. The number of hydrogen-bond donors (Lipinski definition) is 0. The van der Waals surface area contributed by atoms with Crippen molar-refractivity contribution in [2.45, 2.75) is 6.92 Å². The van der Waals surface area contributed by atoms with Gasteiger partial charge in [0.1, 0.15) is 6.29 Å². The zero-order chi connectivity index (χ0) is 4.71. The zero-order valence-electron chi connectivity index (χ0n) is 3.36. The lowest BCUT2D eigenvalue weighted by Gasteiger charge is -1.23. The van der Waals surface area contributed by atoms with Crippen LogP contribution >= 0.6 is 11.6 Å². The molecule has 5 heavy (non-hydrogen) atoms. The molecule has 0 radical (unpaired) electrons. The van der Waals surface area contributed by atoms with E-state index in [2.05, 4.69) is 11.6 Å². The van der Waals surface area contributed by atoms with Crippen molar-refractivity contribution < 1.29 is 4.79 Å². The van der Waals surface area contributed by atoms with E-state index in [1.54, 1.807) is 0 Å². The van der Waals surface area contributed by atoms with Crippen molar-refractivity contribution in [2.24, 2.45) is 0 Å². The van der Waals surface area contributed by atoms with E-state index in [1.165, 1.54) is 13.3 Å². The van der Waals surface area contributed by atoms with Crippen LogP contribution in [0.3, 0.4) is 0 Å². The number of carbonyl (C=O) groups excluding carboxylic acids is 1. The number of aldehydes is 1. The third-order valence-electron chi connectivity index (χ3n) is 0. The average molecular weight is 94.5 g/mol. The molecule has 32 valence electrons. The van der Waals surface area contributed by atoms with Gasteiger partial charge in [-0.3, -0.25) is 0 Å². The van der Waals surface area contributed by atoms with E-state index in [4.69, 9.17) is 4.79 Å². The monoisotopic (exact) mass is 94.0 g/mol. The van der Waals surface area contributed by atoms with Crippen LogP contribution in [-0.2, 0) is 4.79 Å². The molecule has 2 heteroatoms. The fraction of sp³-hybridized carbons (Fsp3) is 0.667. The Morgan fingerprint density at radius 2 is 1.60 bits per heavy atom. The van der Waals surface area contributed by atoms with Crippen molar-refractivity contribution >= 4 is 17.9 Å². The molecule has 0 aliphatic heterocycles. The van der Waals surface area contributed by atoms with Crippen LogP contribution in [0.2, 0.25) is 0 Å². The molecule has 0 spiro atoms. The number of alkyl halides is 1. The van der Waals surface area contributed by atoms with Gasteiger partial charge >= 0.3 is 0 Å². The van der Waals surface area contributed by atoms with Crippen LogP contribution in [0.15, 0.2) is 0 Å². The molecule has 0 aliphatic rings. The quantitative estimate of drug-likeness (QED) is 0.324. The van der Waals surface area contributed by atoms with Crippen molar-refractivity contribution in [2.75, 3.05) is 6.38 Å². The van der Waals surface area contributed by atoms with Crippen molar-refractivity contribution in [1.82, 2.24) is 0 Å². The number of rotatable bonds is 0. The lowest BCUT2D eigenvalue weighted by molar-refractivity contribution is -0.106. The van der Waals surface area contributed by atoms with Crippen molar-refractivity contribution in [1.29, 1.82) is 0 Å². The Morgan fingerprint density at radius 1 is 1.60 bits per heavy atom. The molecule has 0 rings (SSSR count). The molecule has 0 heterocycles. The van der Waals surface area contributed by atoms with Gasteiger partial charge in [-0.1, -0.05) is 0 Å². The van der Waals surface area contributed by atoms with E-state index in [0.29, 0.717) is 0 Å². The Labute approximate surface area is 36.9 Å². The minimum atomic E-state index is 0.750. The molecule has 0 fully saturated rings. The maximum atomic E-state index is 8.81. The molecule has 0 aromatic rings. The van der Waals surface area contributed by atoms with E-state index < -0.39 is 0 Å². The largest absolute Gasteiger partial charge is 0.304 e. The van der Waals surface area contributed by atoms with Crippen molar-refractivity contribution in [3.63, 3.8) is 0 Å². The summed E-state index contributed by atoms with van der Waals surface area (Å²) in [4.78, 5) is 8.81. The van der Waals surface area contributed by atoms with E-state index >= 15 is 0 Å². The van der Waals surface area contributed by atoms with Crippen molar-refractivity contribution in [3.05, 3.63) is 0 Å². The minimum absolute atomic E-state index is 0.750. The van der Waals surface area contributed by atoms with Crippen LogP contribution in [0, 0.1) is 0 Å². The Balaban J connectivity index is 0. The van der Waals surface area contributed by atoms with Crippen molar-refractivity contribution in [3.8, 4) is 0 Å². The molecule has 0 aromatic heterocycles. The predicted molar refractivity (Wildman–Crippen MR) is 23.5 cm³/mol. The maximum absolute atomic E-state index is 8.81. The number of carbonyl (C=O) groups is 1. The van der Waals surface area contributed by atoms with Gasteiger partial charge in [-0.2, -0.15) is 0 Å². The van der Waals surface area contributed by atoms with Gasteiger partial charge in [-0.25, -0.2) is 0 Å². The number of hydrogen-bond acceptors (Lipinski definition) is 1. The number of halogens is 1. The molecular weight excluding hydrogens is 87.5 g/mol. The Bertz CT molecular complexity index is 14.4. The summed E-state index contributed by atoms with van der Waals surface area (Å²) in [5.74, 6) is 0. The zero-order valence-corrected chi connectivity index (χ0v) is 4.12. The molecule has 0 amide bonds. The van der Waals surface area contributed by atoms with E-state index in [9.17, 15) is 0 Å². The normalized spacial score (nSPS) is 3.80. The summed E-state index contributed by atoms with van der Waals surface area (Å²) in [7, 11) is 0. The Kier molecular flexibility index (Phi) is 66.8. The molecule has 0 bridgehead atoms. The predicted octanol–water partition coefficient (Wildman–Crippen LogP) is 1.06. The van der Waals surface area contributed by atoms with Gasteiger partial charge in [0.05, 0.1) is 0 Å². The topological polar surface area (TPSA) is 17.1 Å². The summed E-state index contributed by atoms with van der Waals surface area (Å²) < 4.78 is 0. The van der Waals surface area contributed by atoms with Crippen LogP contribution in [0.1, 0.15) is 6.92 Å². The van der Waals surface area contributed by atoms with Gasteiger partial charge in [0.2, 0.25) is 0 Å². The Morgan fingerprint density at radius 3 is 1.60 bits per heavy atom. The highest BCUT2D eigenvalue weighted by atomic mass is 35.5. The third kappa shape index (κ3) is 9510. The van der Waals surface area contributed by atoms with E-state index in [0.717, 1.165) is 6.29 Å². The van der Waals surface area contributed by atoms with Gasteiger partial charge < -0.3 is 4.79 Å². The van der Waals surface area contributed by atoms with Gasteiger partial charge in [-0.15, -0.1) is 11.6 Å².